The zero-order valence-electron chi connectivity index (χ0n) is 13.9. The van der Waals surface area contributed by atoms with Crippen molar-refractivity contribution in [2.45, 2.75) is 32.6 Å². The number of aromatic nitrogens is 2. The zero-order chi connectivity index (χ0) is 17.2. The van der Waals surface area contributed by atoms with Crippen molar-refractivity contribution in [1.29, 1.82) is 0 Å². The number of benzene rings is 1. The summed E-state index contributed by atoms with van der Waals surface area (Å²) in [6.07, 6.45) is 4.19. The van der Waals surface area contributed by atoms with Gasteiger partial charge in [-0.05, 0) is 42.7 Å². The molecule has 0 bridgehead atoms. The first-order valence-corrected chi connectivity index (χ1v) is 8.67. The minimum absolute atomic E-state index is 0.220. The highest BCUT2D eigenvalue weighted by molar-refractivity contribution is 6.30. The van der Waals surface area contributed by atoms with Gasteiger partial charge in [-0.1, -0.05) is 43.5 Å². The van der Waals surface area contributed by atoms with Gasteiger partial charge in [-0.3, -0.25) is 4.79 Å². The van der Waals surface area contributed by atoms with Gasteiger partial charge in [-0.2, -0.15) is 0 Å². The van der Waals surface area contributed by atoms with Crippen LogP contribution >= 0.6 is 11.6 Å². The molecule has 128 valence electrons. The van der Waals surface area contributed by atoms with E-state index in [4.69, 9.17) is 11.6 Å². The average molecular weight is 347 g/mol. The van der Waals surface area contributed by atoms with Crippen molar-refractivity contribution in [3.8, 4) is 0 Å². The molecule has 0 aliphatic rings. The minimum atomic E-state index is -0.220. The van der Waals surface area contributed by atoms with Crippen molar-refractivity contribution in [1.82, 2.24) is 15.5 Å². The molecular weight excluding hydrogens is 324 g/mol. The summed E-state index contributed by atoms with van der Waals surface area (Å²) in [5, 5.41) is 14.7. The van der Waals surface area contributed by atoms with E-state index in [-0.39, 0.29) is 5.91 Å². The molecule has 1 aromatic heterocycles. The van der Waals surface area contributed by atoms with E-state index in [9.17, 15) is 4.79 Å². The Balaban J connectivity index is 1.75. The monoisotopic (exact) mass is 346 g/mol. The van der Waals surface area contributed by atoms with Crippen LogP contribution in [0.1, 0.15) is 42.2 Å². The normalized spacial score (nSPS) is 10.4. The molecule has 0 unspecified atom stereocenters. The number of unbranched alkanes of at least 4 members (excludes halogenated alkanes) is 2. The Morgan fingerprint density at radius 1 is 1.12 bits per heavy atom. The number of amides is 1. The van der Waals surface area contributed by atoms with Crippen molar-refractivity contribution in [3.63, 3.8) is 0 Å². The number of anilines is 1. The first-order valence-electron chi connectivity index (χ1n) is 8.29. The first kappa shape index (κ1) is 18.2. The van der Waals surface area contributed by atoms with E-state index >= 15 is 0 Å². The summed E-state index contributed by atoms with van der Waals surface area (Å²) < 4.78 is 0. The summed E-state index contributed by atoms with van der Waals surface area (Å²) >= 11 is 5.94. The number of hydrogen-bond donors (Lipinski definition) is 2. The van der Waals surface area contributed by atoms with Crippen molar-refractivity contribution in [3.05, 3.63) is 52.7 Å². The lowest BCUT2D eigenvalue weighted by molar-refractivity contribution is 0.0948. The number of nitrogens with one attached hydrogen (secondary N) is 2. The Bertz CT molecular complexity index is 646. The van der Waals surface area contributed by atoms with Crippen LogP contribution in [0.15, 0.2) is 36.4 Å². The maximum atomic E-state index is 12.1. The molecule has 2 aromatic rings. The molecule has 6 heteroatoms. The van der Waals surface area contributed by atoms with Gasteiger partial charge in [0.25, 0.3) is 5.91 Å². The Labute approximate surface area is 147 Å². The lowest BCUT2D eigenvalue weighted by Gasteiger charge is -2.06. The number of carbonyl (C=O) groups is 1. The van der Waals surface area contributed by atoms with Crippen LogP contribution in [-0.2, 0) is 6.42 Å². The molecule has 0 aliphatic carbocycles. The van der Waals surface area contributed by atoms with Gasteiger partial charge in [0.15, 0.2) is 5.69 Å². The third kappa shape index (κ3) is 6.16. The molecule has 1 heterocycles. The average Bonchev–Trinajstić information content (AvgIpc) is 2.59. The van der Waals surface area contributed by atoms with E-state index in [0.717, 1.165) is 24.9 Å². The van der Waals surface area contributed by atoms with Gasteiger partial charge < -0.3 is 10.6 Å². The number of halogens is 1. The molecule has 0 spiro atoms. The molecule has 0 aliphatic heterocycles. The van der Waals surface area contributed by atoms with Crippen molar-refractivity contribution in [2.75, 3.05) is 18.4 Å². The largest absolute Gasteiger partial charge is 0.369 e. The van der Waals surface area contributed by atoms with E-state index in [0.29, 0.717) is 23.1 Å². The standard InChI is InChI=1S/C18H23ClN4O/c1-2-3-4-11-20-17-9-8-16(22-23-17)18(24)21-12-10-14-6-5-7-15(19)13-14/h5-9,13H,2-4,10-12H2,1H3,(H,20,23)(H,21,24). The molecule has 24 heavy (non-hydrogen) atoms. The van der Waals surface area contributed by atoms with E-state index < -0.39 is 0 Å². The summed E-state index contributed by atoms with van der Waals surface area (Å²) in [5.41, 5.74) is 1.40. The van der Waals surface area contributed by atoms with Crippen LogP contribution in [-0.4, -0.2) is 29.2 Å². The smallest absolute Gasteiger partial charge is 0.271 e. The van der Waals surface area contributed by atoms with Crippen LogP contribution in [0.4, 0.5) is 5.82 Å². The van der Waals surface area contributed by atoms with Crippen LogP contribution in [0.5, 0.6) is 0 Å². The Hall–Kier alpha value is -2.14. The SMILES string of the molecule is CCCCCNc1ccc(C(=O)NCCc2cccc(Cl)c2)nn1. The number of hydrogen-bond acceptors (Lipinski definition) is 4. The highest BCUT2D eigenvalue weighted by Crippen LogP contribution is 2.10. The van der Waals surface area contributed by atoms with Gasteiger partial charge in [0.1, 0.15) is 5.82 Å². The second-order valence-electron chi connectivity index (χ2n) is 5.57. The van der Waals surface area contributed by atoms with Gasteiger partial charge in [-0.15, -0.1) is 10.2 Å². The summed E-state index contributed by atoms with van der Waals surface area (Å²) in [4.78, 5) is 12.1. The molecule has 1 amide bonds. The zero-order valence-corrected chi connectivity index (χ0v) is 14.6. The van der Waals surface area contributed by atoms with E-state index in [2.05, 4.69) is 27.8 Å². The Morgan fingerprint density at radius 2 is 2.00 bits per heavy atom. The highest BCUT2D eigenvalue weighted by atomic mass is 35.5. The lowest BCUT2D eigenvalue weighted by Crippen LogP contribution is -2.26. The number of rotatable bonds is 9. The van der Waals surface area contributed by atoms with Crippen molar-refractivity contribution < 1.29 is 4.79 Å². The van der Waals surface area contributed by atoms with Gasteiger partial charge in [0.2, 0.25) is 0 Å². The molecule has 2 N–H and O–H groups in total. The fourth-order valence-electron chi connectivity index (χ4n) is 2.24. The van der Waals surface area contributed by atoms with Crippen LogP contribution in [0.3, 0.4) is 0 Å². The molecule has 0 radical (unpaired) electrons. The van der Waals surface area contributed by atoms with Gasteiger partial charge in [0, 0.05) is 18.1 Å². The van der Waals surface area contributed by atoms with Crippen LogP contribution in [0, 0.1) is 0 Å². The van der Waals surface area contributed by atoms with Crippen molar-refractivity contribution in [2.24, 2.45) is 0 Å². The van der Waals surface area contributed by atoms with Gasteiger partial charge >= 0.3 is 0 Å². The predicted octanol–water partition coefficient (Wildman–Crippen LogP) is 3.70. The van der Waals surface area contributed by atoms with Gasteiger partial charge in [0.05, 0.1) is 0 Å². The quantitative estimate of drug-likeness (QED) is 0.679. The molecule has 5 nitrogen and oxygen atoms in total. The number of nitrogens with zero attached hydrogens (tertiary/aromatic N) is 2. The fourth-order valence-corrected chi connectivity index (χ4v) is 2.46. The fraction of sp³-hybridized carbons (Fsp3) is 0.389. The molecule has 0 saturated heterocycles. The maximum absolute atomic E-state index is 12.1. The predicted molar refractivity (Wildman–Crippen MR) is 97.5 cm³/mol. The van der Waals surface area contributed by atoms with Crippen molar-refractivity contribution >= 4 is 23.3 Å². The van der Waals surface area contributed by atoms with E-state index in [1.54, 1.807) is 12.1 Å². The second-order valence-corrected chi connectivity index (χ2v) is 6.01. The number of carbonyl (C=O) groups excluding carboxylic acids is 1. The Kier molecular flexibility index (Phi) is 7.49. The third-order valence-electron chi connectivity index (χ3n) is 3.57. The van der Waals surface area contributed by atoms with Crippen LogP contribution in [0.25, 0.3) is 0 Å². The lowest BCUT2D eigenvalue weighted by atomic mass is 10.1. The second kappa shape index (κ2) is 9.88. The van der Waals surface area contributed by atoms with Crippen LogP contribution in [0.2, 0.25) is 5.02 Å². The maximum Gasteiger partial charge on any atom is 0.271 e. The van der Waals surface area contributed by atoms with E-state index in [1.165, 1.54) is 12.8 Å². The molecular formula is C18H23ClN4O. The topological polar surface area (TPSA) is 66.9 Å². The molecule has 2 rings (SSSR count). The highest BCUT2D eigenvalue weighted by Gasteiger charge is 2.07. The van der Waals surface area contributed by atoms with E-state index in [1.807, 2.05) is 24.3 Å². The van der Waals surface area contributed by atoms with Crippen LogP contribution < -0.4 is 10.6 Å². The molecule has 0 atom stereocenters. The summed E-state index contributed by atoms with van der Waals surface area (Å²) in [5.74, 6) is 0.476. The third-order valence-corrected chi connectivity index (χ3v) is 3.81. The molecule has 0 fully saturated rings. The first-order chi connectivity index (χ1) is 11.7. The summed E-state index contributed by atoms with van der Waals surface area (Å²) in [6, 6.07) is 11.1. The summed E-state index contributed by atoms with van der Waals surface area (Å²) in [6.45, 7) is 3.56. The Morgan fingerprint density at radius 3 is 2.71 bits per heavy atom. The summed E-state index contributed by atoms with van der Waals surface area (Å²) in [7, 11) is 0. The van der Waals surface area contributed by atoms with Gasteiger partial charge in [-0.25, -0.2) is 0 Å². The minimum Gasteiger partial charge on any atom is -0.369 e. The molecule has 1 aromatic carbocycles. The molecule has 0 saturated carbocycles.